The lowest BCUT2D eigenvalue weighted by atomic mass is 9.80. The zero-order valence-corrected chi connectivity index (χ0v) is 17.8. The number of hydrogen-bond donors (Lipinski definition) is 1. The zero-order chi connectivity index (χ0) is 20.6. The van der Waals surface area contributed by atoms with E-state index in [1.54, 1.807) is 0 Å². The summed E-state index contributed by atoms with van der Waals surface area (Å²) >= 11 is 0. The van der Waals surface area contributed by atoms with Gasteiger partial charge >= 0.3 is 6.09 Å². The Bertz CT molecular complexity index is 860. The number of carbonyl (C=O) groups excluding carboxylic acids is 1. The molecule has 0 saturated carbocycles. The van der Waals surface area contributed by atoms with Gasteiger partial charge in [-0.05, 0) is 52.5 Å². The van der Waals surface area contributed by atoms with Gasteiger partial charge in [0.25, 0.3) is 0 Å². The Morgan fingerprint density at radius 2 is 2.07 bits per heavy atom. The summed E-state index contributed by atoms with van der Waals surface area (Å²) in [6.07, 6.45) is 4.51. The maximum Gasteiger partial charge on any atom is 0.410 e. The molecule has 4 rings (SSSR count). The standard InChI is InChI=1S/C23H31N3O3/c1-16-6-8-17(9-7-16)18-13-24-20(25-18)19-12-23(10-5-11-28-15-23)14-26(19)21(27)29-22(2,3)4/h6-9,13,19H,5,10-12,14-15H2,1-4H3,(H,24,25)/t19-,23-/m0/s1. The van der Waals surface area contributed by atoms with E-state index in [0.29, 0.717) is 13.2 Å². The van der Waals surface area contributed by atoms with Crippen molar-refractivity contribution in [2.24, 2.45) is 5.41 Å². The number of H-pyrrole nitrogens is 1. The van der Waals surface area contributed by atoms with E-state index in [2.05, 4.69) is 41.2 Å². The number of aryl methyl sites for hydroxylation is 1. The van der Waals surface area contributed by atoms with Crippen LogP contribution >= 0.6 is 0 Å². The van der Waals surface area contributed by atoms with Crippen LogP contribution in [-0.4, -0.2) is 46.3 Å². The normalized spacial score (nSPS) is 24.8. The van der Waals surface area contributed by atoms with Crippen LogP contribution in [0.1, 0.15) is 57.5 Å². The number of hydrogen-bond acceptors (Lipinski definition) is 4. The van der Waals surface area contributed by atoms with Crippen LogP contribution < -0.4 is 0 Å². The van der Waals surface area contributed by atoms with E-state index in [1.807, 2.05) is 31.9 Å². The molecule has 156 valence electrons. The first kappa shape index (κ1) is 20.0. The topological polar surface area (TPSA) is 67.4 Å². The third-order valence-corrected chi connectivity index (χ3v) is 5.81. The summed E-state index contributed by atoms with van der Waals surface area (Å²) in [6.45, 7) is 9.91. The Hall–Kier alpha value is -2.34. The first-order valence-corrected chi connectivity index (χ1v) is 10.4. The van der Waals surface area contributed by atoms with Crippen LogP contribution in [0.25, 0.3) is 11.3 Å². The Morgan fingerprint density at radius 3 is 2.72 bits per heavy atom. The number of aromatic nitrogens is 2. The average Bonchev–Trinajstić information content (AvgIpc) is 3.27. The van der Waals surface area contributed by atoms with E-state index in [1.165, 1.54) is 5.56 Å². The molecule has 0 aliphatic carbocycles. The van der Waals surface area contributed by atoms with Gasteiger partial charge in [-0.3, -0.25) is 4.90 Å². The van der Waals surface area contributed by atoms with Gasteiger partial charge in [0.2, 0.25) is 0 Å². The second-order valence-electron chi connectivity index (χ2n) is 9.53. The van der Waals surface area contributed by atoms with Crippen LogP contribution in [0.2, 0.25) is 0 Å². The molecule has 0 radical (unpaired) electrons. The maximum atomic E-state index is 13.0. The molecule has 2 saturated heterocycles. The highest BCUT2D eigenvalue weighted by molar-refractivity contribution is 5.69. The van der Waals surface area contributed by atoms with Gasteiger partial charge < -0.3 is 14.5 Å². The molecule has 1 spiro atoms. The van der Waals surface area contributed by atoms with Gasteiger partial charge in [-0.2, -0.15) is 0 Å². The maximum absolute atomic E-state index is 13.0. The van der Waals surface area contributed by atoms with Crippen LogP contribution in [0, 0.1) is 12.3 Å². The van der Waals surface area contributed by atoms with Crippen molar-refractivity contribution in [2.75, 3.05) is 19.8 Å². The summed E-state index contributed by atoms with van der Waals surface area (Å²) in [6, 6.07) is 8.22. The van der Waals surface area contributed by atoms with E-state index in [0.717, 1.165) is 43.0 Å². The van der Waals surface area contributed by atoms with Gasteiger partial charge in [-0.1, -0.05) is 29.8 Å². The third kappa shape index (κ3) is 4.32. The van der Waals surface area contributed by atoms with E-state index in [4.69, 9.17) is 9.47 Å². The number of carbonyl (C=O) groups is 1. The molecule has 6 heteroatoms. The monoisotopic (exact) mass is 397 g/mol. The minimum Gasteiger partial charge on any atom is -0.444 e. The van der Waals surface area contributed by atoms with Crippen molar-refractivity contribution in [3.8, 4) is 11.3 Å². The van der Waals surface area contributed by atoms with Crippen molar-refractivity contribution in [1.82, 2.24) is 14.9 Å². The number of aromatic amines is 1. The SMILES string of the molecule is Cc1ccc(-c2cnc([C@@H]3C[C@@]4(CCCOC4)CN3C(=O)OC(C)(C)C)[nH]2)cc1. The van der Waals surface area contributed by atoms with E-state index in [-0.39, 0.29) is 17.6 Å². The molecule has 0 unspecified atom stereocenters. The smallest absolute Gasteiger partial charge is 0.410 e. The number of ether oxygens (including phenoxy) is 2. The number of likely N-dealkylation sites (tertiary alicyclic amines) is 1. The fraction of sp³-hybridized carbons (Fsp3) is 0.565. The minimum atomic E-state index is -0.531. The molecule has 6 nitrogen and oxygen atoms in total. The van der Waals surface area contributed by atoms with Gasteiger partial charge in [0.15, 0.2) is 0 Å². The van der Waals surface area contributed by atoms with Crippen LogP contribution in [0.3, 0.4) is 0 Å². The van der Waals surface area contributed by atoms with Gasteiger partial charge in [0, 0.05) is 18.6 Å². The van der Waals surface area contributed by atoms with Gasteiger partial charge in [0.1, 0.15) is 11.4 Å². The fourth-order valence-electron chi connectivity index (χ4n) is 4.39. The second-order valence-corrected chi connectivity index (χ2v) is 9.53. The van der Waals surface area contributed by atoms with Crippen molar-refractivity contribution in [1.29, 1.82) is 0 Å². The van der Waals surface area contributed by atoms with Crippen LogP contribution in [0.4, 0.5) is 4.79 Å². The summed E-state index contributed by atoms with van der Waals surface area (Å²) in [7, 11) is 0. The predicted molar refractivity (Wildman–Crippen MR) is 112 cm³/mol. The summed E-state index contributed by atoms with van der Waals surface area (Å²) in [4.78, 5) is 23.0. The molecule has 0 bridgehead atoms. The molecule has 1 N–H and O–H groups in total. The predicted octanol–water partition coefficient (Wildman–Crippen LogP) is 4.86. The molecule has 1 aromatic carbocycles. The highest BCUT2D eigenvalue weighted by Gasteiger charge is 2.49. The molecule has 3 heterocycles. The first-order chi connectivity index (χ1) is 13.7. The molecule has 2 aliphatic rings. The Kier molecular flexibility index (Phi) is 5.15. The Morgan fingerprint density at radius 1 is 1.31 bits per heavy atom. The van der Waals surface area contributed by atoms with Crippen LogP contribution in [-0.2, 0) is 9.47 Å². The van der Waals surface area contributed by atoms with Crippen LogP contribution in [0.5, 0.6) is 0 Å². The summed E-state index contributed by atoms with van der Waals surface area (Å²) < 4.78 is 11.5. The lowest BCUT2D eigenvalue weighted by Gasteiger charge is -2.33. The molecule has 1 amide bonds. The van der Waals surface area contributed by atoms with Crippen molar-refractivity contribution < 1.29 is 14.3 Å². The molecule has 29 heavy (non-hydrogen) atoms. The summed E-state index contributed by atoms with van der Waals surface area (Å²) in [5.74, 6) is 0.814. The third-order valence-electron chi connectivity index (χ3n) is 5.81. The lowest BCUT2D eigenvalue weighted by Crippen LogP contribution is -2.40. The summed E-state index contributed by atoms with van der Waals surface area (Å²) in [5.41, 5.74) is 2.73. The summed E-state index contributed by atoms with van der Waals surface area (Å²) in [5, 5.41) is 0. The fourth-order valence-corrected chi connectivity index (χ4v) is 4.39. The molecule has 2 aliphatic heterocycles. The minimum absolute atomic E-state index is 0.0172. The number of rotatable bonds is 2. The number of benzene rings is 1. The van der Waals surface area contributed by atoms with E-state index < -0.39 is 5.60 Å². The van der Waals surface area contributed by atoms with E-state index >= 15 is 0 Å². The Labute approximate surface area is 172 Å². The molecular formula is C23H31N3O3. The van der Waals surface area contributed by atoms with E-state index in [9.17, 15) is 4.79 Å². The zero-order valence-electron chi connectivity index (χ0n) is 17.8. The lowest BCUT2D eigenvalue weighted by molar-refractivity contribution is -0.00754. The second kappa shape index (κ2) is 7.48. The number of nitrogens with zero attached hydrogens (tertiary/aromatic N) is 2. The number of amides is 1. The van der Waals surface area contributed by atoms with Crippen molar-refractivity contribution >= 4 is 6.09 Å². The highest BCUT2D eigenvalue weighted by Crippen LogP contribution is 2.47. The largest absolute Gasteiger partial charge is 0.444 e. The Balaban J connectivity index is 1.62. The molecule has 1 aromatic heterocycles. The molecule has 2 aromatic rings. The van der Waals surface area contributed by atoms with Gasteiger partial charge in [-0.15, -0.1) is 0 Å². The van der Waals surface area contributed by atoms with Crippen molar-refractivity contribution in [2.45, 2.75) is 58.6 Å². The first-order valence-electron chi connectivity index (χ1n) is 10.4. The van der Waals surface area contributed by atoms with Crippen molar-refractivity contribution in [3.63, 3.8) is 0 Å². The van der Waals surface area contributed by atoms with Gasteiger partial charge in [0.05, 0.1) is 24.5 Å². The molecule has 2 fully saturated rings. The molecular weight excluding hydrogens is 366 g/mol. The van der Waals surface area contributed by atoms with Crippen LogP contribution in [0.15, 0.2) is 30.5 Å². The van der Waals surface area contributed by atoms with Gasteiger partial charge in [-0.25, -0.2) is 9.78 Å². The number of imidazole rings is 1. The quantitative estimate of drug-likeness (QED) is 0.785. The molecule has 2 atom stereocenters. The van der Waals surface area contributed by atoms with Crippen molar-refractivity contribution in [3.05, 3.63) is 41.9 Å². The number of nitrogens with one attached hydrogen (secondary N) is 1. The average molecular weight is 398 g/mol. The highest BCUT2D eigenvalue weighted by atomic mass is 16.6.